The Morgan fingerprint density at radius 2 is 2.21 bits per heavy atom. The van der Waals surface area contributed by atoms with Crippen LogP contribution in [0.5, 0.6) is 5.75 Å². The smallest absolute Gasteiger partial charge is 0.128 e. The van der Waals surface area contributed by atoms with Gasteiger partial charge in [-0.15, -0.1) is 0 Å². The standard InChI is InChI=1S/C15H18N2O2/c18-9-12(17-11-6-7-11)10-19-15-5-1-4-14-13(15)3-2-8-16-14/h1-5,8,11-12,17-18H,6-7,9-10H2. The number of nitrogens with zero attached hydrogens (tertiary/aromatic N) is 1. The van der Waals surface area contributed by atoms with Crippen LogP contribution in [0.1, 0.15) is 12.8 Å². The maximum absolute atomic E-state index is 9.34. The Morgan fingerprint density at radius 1 is 1.32 bits per heavy atom. The van der Waals surface area contributed by atoms with Crippen LogP contribution >= 0.6 is 0 Å². The zero-order valence-electron chi connectivity index (χ0n) is 10.7. The molecule has 1 aromatic carbocycles. The van der Waals surface area contributed by atoms with E-state index >= 15 is 0 Å². The van der Waals surface area contributed by atoms with Crippen molar-refractivity contribution in [1.82, 2.24) is 10.3 Å². The summed E-state index contributed by atoms with van der Waals surface area (Å²) in [7, 11) is 0. The number of fused-ring (bicyclic) bond motifs is 1. The van der Waals surface area contributed by atoms with Crippen molar-refractivity contribution >= 4 is 10.9 Å². The van der Waals surface area contributed by atoms with Gasteiger partial charge in [-0.2, -0.15) is 0 Å². The first-order chi connectivity index (χ1) is 9.36. The third kappa shape index (κ3) is 3.03. The van der Waals surface area contributed by atoms with E-state index in [1.807, 2.05) is 30.3 Å². The molecule has 2 aromatic rings. The number of ether oxygens (including phenoxy) is 1. The molecule has 1 aliphatic rings. The highest BCUT2D eigenvalue weighted by Gasteiger charge is 2.24. The minimum absolute atomic E-state index is 0.000530. The van der Waals surface area contributed by atoms with Gasteiger partial charge in [0, 0.05) is 17.6 Å². The maximum Gasteiger partial charge on any atom is 0.128 e. The summed E-state index contributed by atoms with van der Waals surface area (Å²) in [6.45, 7) is 0.570. The normalized spacial score (nSPS) is 16.5. The first kappa shape index (κ1) is 12.4. The van der Waals surface area contributed by atoms with E-state index in [1.54, 1.807) is 6.20 Å². The molecule has 1 saturated carbocycles. The maximum atomic E-state index is 9.34. The van der Waals surface area contributed by atoms with E-state index < -0.39 is 0 Å². The van der Waals surface area contributed by atoms with Crippen LogP contribution in [0.3, 0.4) is 0 Å². The van der Waals surface area contributed by atoms with E-state index in [-0.39, 0.29) is 12.6 Å². The van der Waals surface area contributed by atoms with Gasteiger partial charge in [0.2, 0.25) is 0 Å². The molecule has 1 aromatic heterocycles. The predicted octanol–water partition coefficient (Wildman–Crippen LogP) is 1.73. The Labute approximate surface area is 112 Å². The summed E-state index contributed by atoms with van der Waals surface area (Å²) in [6.07, 6.45) is 4.18. The molecular formula is C15H18N2O2. The molecule has 4 nitrogen and oxygen atoms in total. The lowest BCUT2D eigenvalue weighted by Gasteiger charge is -2.17. The molecule has 0 radical (unpaired) electrons. The van der Waals surface area contributed by atoms with E-state index in [9.17, 15) is 5.11 Å². The van der Waals surface area contributed by atoms with E-state index in [2.05, 4.69) is 10.3 Å². The number of aromatic nitrogens is 1. The highest BCUT2D eigenvalue weighted by molar-refractivity contribution is 5.84. The van der Waals surface area contributed by atoms with Crippen molar-refractivity contribution < 1.29 is 9.84 Å². The third-order valence-corrected chi connectivity index (χ3v) is 3.31. The Hall–Kier alpha value is -1.65. The summed E-state index contributed by atoms with van der Waals surface area (Å²) in [5.74, 6) is 0.821. The summed E-state index contributed by atoms with van der Waals surface area (Å²) in [4.78, 5) is 4.30. The molecule has 1 fully saturated rings. The SMILES string of the molecule is OCC(COc1cccc2ncccc12)NC1CC1. The quantitative estimate of drug-likeness (QED) is 0.828. The molecule has 0 spiro atoms. The molecule has 4 heteroatoms. The molecule has 0 amide bonds. The lowest BCUT2D eigenvalue weighted by molar-refractivity contribution is 0.183. The van der Waals surface area contributed by atoms with Crippen molar-refractivity contribution in [3.63, 3.8) is 0 Å². The van der Waals surface area contributed by atoms with Gasteiger partial charge in [0.25, 0.3) is 0 Å². The van der Waals surface area contributed by atoms with Crippen molar-refractivity contribution in [1.29, 1.82) is 0 Å². The second kappa shape index (κ2) is 5.55. The minimum Gasteiger partial charge on any atom is -0.491 e. The Morgan fingerprint density at radius 3 is 3.00 bits per heavy atom. The fourth-order valence-electron chi connectivity index (χ4n) is 2.13. The van der Waals surface area contributed by atoms with E-state index in [1.165, 1.54) is 12.8 Å². The highest BCUT2D eigenvalue weighted by atomic mass is 16.5. The van der Waals surface area contributed by atoms with Crippen molar-refractivity contribution in [2.24, 2.45) is 0 Å². The van der Waals surface area contributed by atoms with Crippen LogP contribution in [0.2, 0.25) is 0 Å². The molecule has 1 aliphatic carbocycles. The van der Waals surface area contributed by atoms with Gasteiger partial charge in [-0.3, -0.25) is 4.98 Å². The molecule has 0 saturated heterocycles. The zero-order valence-corrected chi connectivity index (χ0v) is 10.7. The molecule has 1 unspecified atom stereocenters. The second-order valence-corrected chi connectivity index (χ2v) is 4.96. The average Bonchev–Trinajstić information content (AvgIpc) is 3.27. The number of aliphatic hydroxyl groups is 1. The van der Waals surface area contributed by atoms with Gasteiger partial charge >= 0.3 is 0 Å². The lowest BCUT2D eigenvalue weighted by atomic mass is 10.2. The molecule has 3 rings (SSSR count). The number of aliphatic hydroxyl groups excluding tert-OH is 1. The molecule has 1 heterocycles. The first-order valence-electron chi connectivity index (χ1n) is 6.70. The van der Waals surface area contributed by atoms with Gasteiger partial charge in [-0.25, -0.2) is 0 Å². The topological polar surface area (TPSA) is 54.4 Å². The van der Waals surface area contributed by atoms with Crippen molar-refractivity contribution in [3.05, 3.63) is 36.5 Å². The van der Waals surface area contributed by atoms with E-state index in [0.717, 1.165) is 16.7 Å². The average molecular weight is 258 g/mol. The van der Waals surface area contributed by atoms with E-state index in [4.69, 9.17) is 4.74 Å². The van der Waals surface area contributed by atoms with Crippen LogP contribution in [0.4, 0.5) is 0 Å². The molecule has 0 bridgehead atoms. The molecule has 0 aliphatic heterocycles. The van der Waals surface area contributed by atoms with E-state index in [0.29, 0.717) is 12.6 Å². The first-order valence-corrected chi connectivity index (χ1v) is 6.70. The number of rotatable bonds is 6. The fraction of sp³-hybridized carbons (Fsp3) is 0.400. The van der Waals surface area contributed by atoms with Crippen LogP contribution in [0, 0.1) is 0 Å². The number of nitrogens with one attached hydrogen (secondary N) is 1. The fourth-order valence-corrected chi connectivity index (χ4v) is 2.13. The van der Waals surface area contributed by atoms with Crippen LogP contribution in [-0.4, -0.2) is 35.4 Å². The van der Waals surface area contributed by atoms with Gasteiger partial charge in [0.05, 0.1) is 18.2 Å². The summed E-state index contributed by atoms with van der Waals surface area (Å²) in [5.41, 5.74) is 0.927. The zero-order chi connectivity index (χ0) is 13.1. The predicted molar refractivity (Wildman–Crippen MR) is 74.3 cm³/mol. The number of pyridine rings is 1. The van der Waals surface area contributed by atoms with Crippen LogP contribution in [-0.2, 0) is 0 Å². The van der Waals surface area contributed by atoms with Gasteiger partial charge in [0.15, 0.2) is 0 Å². The highest BCUT2D eigenvalue weighted by Crippen LogP contribution is 2.24. The Kier molecular flexibility index (Phi) is 3.62. The van der Waals surface area contributed by atoms with Gasteiger partial charge in [0.1, 0.15) is 12.4 Å². The summed E-state index contributed by atoms with van der Waals surface area (Å²) in [5, 5.41) is 13.7. The second-order valence-electron chi connectivity index (χ2n) is 4.96. The summed E-state index contributed by atoms with van der Waals surface area (Å²) in [6, 6.07) is 10.3. The lowest BCUT2D eigenvalue weighted by Crippen LogP contribution is -2.39. The third-order valence-electron chi connectivity index (χ3n) is 3.31. The van der Waals surface area contributed by atoms with Gasteiger partial charge in [-0.1, -0.05) is 6.07 Å². The molecule has 19 heavy (non-hydrogen) atoms. The van der Waals surface area contributed by atoms with Crippen molar-refractivity contribution in [2.45, 2.75) is 24.9 Å². The Balaban J connectivity index is 1.70. The minimum atomic E-state index is -0.000530. The summed E-state index contributed by atoms with van der Waals surface area (Å²) < 4.78 is 5.84. The number of benzene rings is 1. The van der Waals surface area contributed by atoms with Crippen LogP contribution < -0.4 is 10.1 Å². The largest absolute Gasteiger partial charge is 0.491 e. The Bertz CT molecular complexity index is 549. The number of hydrogen-bond donors (Lipinski definition) is 2. The molecule has 100 valence electrons. The monoisotopic (exact) mass is 258 g/mol. The summed E-state index contributed by atoms with van der Waals surface area (Å²) >= 11 is 0. The molecular weight excluding hydrogens is 240 g/mol. The van der Waals surface area contributed by atoms with Crippen molar-refractivity contribution in [2.75, 3.05) is 13.2 Å². The molecule has 1 atom stereocenters. The van der Waals surface area contributed by atoms with Gasteiger partial charge < -0.3 is 15.2 Å². The van der Waals surface area contributed by atoms with Crippen LogP contribution in [0.15, 0.2) is 36.5 Å². The molecule has 2 N–H and O–H groups in total. The number of hydrogen-bond acceptors (Lipinski definition) is 4. The van der Waals surface area contributed by atoms with Crippen molar-refractivity contribution in [3.8, 4) is 5.75 Å². The van der Waals surface area contributed by atoms with Crippen LogP contribution in [0.25, 0.3) is 10.9 Å². The van der Waals surface area contributed by atoms with Gasteiger partial charge in [-0.05, 0) is 37.1 Å².